The molecule has 0 bridgehead atoms. The van der Waals surface area contributed by atoms with Crippen molar-refractivity contribution in [1.29, 1.82) is 0 Å². The minimum Gasteiger partial charge on any atom is -0.481 e. The molecule has 100 valence electrons. The summed E-state index contributed by atoms with van der Waals surface area (Å²) in [6.45, 7) is 3.75. The van der Waals surface area contributed by atoms with Crippen molar-refractivity contribution in [3.63, 3.8) is 0 Å². The molecular weight excluding hydrogens is 266 g/mol. The molecule has 0 aromatic carbocycles. The minimum atomic E-state index is -0.920. The van der Waals surface area contributed by atoms with Gasteiger partial charge in [-0.25, -0.2) is 0 Å². The Bertz CT molecular complexity index is 626. The molecule has 2 aromatic heterocycles. The molecule has 0 aliphatic rings. The van der Waals surface area contributed by atoms with E-state index in [1.165, 1.54) is 0 Å². The highest BCUT2D eigenvalue weighted by atomic mass is 32.2. The predicted molar refractivity (Wildman–Crippen MR) is 71.4 cm³/mol. The molecule has 3 N–H and O–H groups in total. The third kappa shape index (κ3) is 2.84. The van der Waals surface area contributed by atoms with E-state index in [1.54, 1.807) is 4.57 Å². The first-order valence-electron chi connectivity index (χ1n) is 5.49. The van der Waals surface area contributed by atoms with Crippen LogP contribution in [0.2, 0.25) is 0 Å². The molecule has 0 atom stereocenters. The molecule has 0 fully saturated rings. The summed E-state index contributed by atoms with van der Waals surface area (Å²) < 4.78 is 1.61. The van der Waals surface area contributed by atoms with Crippen molar-refractivity contribution in [3.05, 3.63) is 23.5 Å². The van der Waals surface area contributed by atoms with E-state index in [4.69, 9.17) is 10.8 Å². The summed E-state index contributed by atoms with van der Waals surface area (Å²) in [7, 11) is 0. The van der Waals surface area contributed by atoms with Crippen LogP contribution >= 0.6 is 11.8 Å². The SMILES string of the molecule is Cc1ccc(-n2c(N)nnc2SCC(=O)O)c(C)n1. The Hall–Kier alpha value is -2.09. The summed E-state index contributed by atoms with van der Waals surface area (Å²) in [6, 6.07) is 3.72. The van der Waals surface area contributed by atoms with Crippen molar-refractivity contribution in [2.24, 2.45) is 0 Å². The number of pyridine rings is 1. The van der Waals surface area contributed by atoms with E-state index in [1.807, 2.05) is 26.0 Å². The molecule has 2 heterocycles. The number of rotatable bonds is 4. The van der Waals surface area contributed by atoms with Gasteiger partial charge in [0.05, 0.1) is 17.1 Å². The fraction of sp³-hybridized carbons (Fsp3) is 0.273. The normalized spacial score (nSPS) is 10.6. The van der Waals surface area contributed by atoms with Crippen molar-refractivity contribution in [3.8, 4) is 5.69 Å². The average molecular weight is 279 g/mol. The van der Waals surface area contributed by atoms with Crippen molar-refractivity contribution in [2.75, 3.05) is 11.5 Å². The fourth-order valence-corrected chi connectivity index (χ4v) is 2.32. The number of hydrogen-bond donors (Lipinski definition) is 2. The third-order valence-electron chi connectivity index (χ3n) is 2.42. The van der Waals surface area contributed by atoms with Gasteiger partial charge in [0.1, 0.15) is 0 Å². The average Bonchev–Trinajstić information content (AvgIpc) is 2.68. The van der Waals surface area contributed by atoms with Crippen molar-refractivity contribution in [1.82, 2.24) is 19.7 Å². The quantitative estimate of drug-likeness (QED) is 0.805. The van der Waals surface area contributed by atoms with Gasteiger partial charge in [-0.05, 0) is 26.0 Å². The molecule has 2 rings (SSSR count). The number of nitrogens with two attached hydrogens (primary N) is 1. The van der Waals surface area contributed by atoms with Crippen LogP contribution in [-0.4, -0.2) is 36.6 Å². The number of nitrogens with zero attached hydrogens (tertiary/aromatic N) is 4. The number of carboxylic acid groups (broad SMARTS) is 1. The minimum absolute atomic E-state index is 0.101. The monoisotopic (exact) mass is 279 g/mol. The molecule has 0 saturated heterocycles. The molecule has 0 aliphatic heterocycles. The summed E-state index contributed by atoms with van der Waals surface area (Å²) in [5.74, 6) is -0.810. The summed E-state index contributed by atoms with van der Waals surface area (Å²) in [5.41, 5.74) is 8.22. The smallest absolute Gasteiger partial charge is 0.313 e. The molecular formula is C11H13N5O2S. The van der Waals surface area contributed by atoms with Gasteiger partial charge in [-0.15, -0.1) is 10.2 Å². The van der Waals surface area contributed by atoms with Crippen LogP contribution in [-0.2, 0) is 4.79 Å². The first-order valence-corrected chi connectivity index (χ1v) is 6.47. The Labute approximate surface area is 113 Å². The summed E-state index contributed by atoms with van der Waals surface area (Å²) in [5, 5.41) is 16.8. The van der Waals surface area contributed by atoms with Crippen LogP contribution in [0, 0.1) is 13.8 Å². The summed E-state index contributed by atoms with van der Waals surface area (Å²) in [6.07, 6.45) is 0. The first-order chi connectivity index (χ1) is 8.99. The number of anilines is 1. The Balaban J connectivity index is 2.43. The largest absolute Gasteiger partial charge is 0.481 e. The highest BCUT2D eigenvalue weighted by Crippen LogP contribution is 2.24. The predicted octanol–water partition coefficient (Wildman–Crippen LogP) is 1.04. The van der Waals surface area contributed by atoms with Gasteiger partial charge in [-0.3, -0.25) is 14.3 Å². The molecule has 0 saturated carbocycles. The first kappa shape index (κ1) is 13.3. The van der Waals surface area contributed by atoms with Crippen molar-refractivity contribution >= 4 is 23.7 Å². The highest BCUT2D eigenvalue weighted by molar-refractivity contribution is 7.99. The summed E-state index contributed by atoms with van der Waals surface area (Å²) in [4.78, 5) is 15.0. The van der Waals surface area contributed by atoms with Crippen LogP contribution in [0.1, 0.15) is 11.4 Å². The van der Waals surface area contributed by atoms with Gasteiger partial charge in [0.2, 0.25) is 5.95 Å². The van der Waals surface area contributed by atoms with Crippen molar-refractivity contribution < 1.29 is 9.90 Å². The van der Waals surface area contributed by atoms with Gasteiger partial charge >= 0.3 is 5.97 Å². The van der Waals surface area contributed by atoms with Crippen LogP contribution in [0.25, 0.3) is 5.69 Å². The Kier molecular flexibility index (Phi) is 3.70. The Morgan fingerprint density at radius 3 is 2.79 bits per heavy atom. The van der Waals surface area contributed by atoms with Crippen LogP contribution in [0.15, 0.2) is 17.3 Å². The number of nitrogen functional groups attached to an aromatic ring is 1. The number of aromatic nitrogens is 4. The van der Waals surface area contributed by atoms with Crippen LogP contribution in [0.3, 0.4) is 0 Å². The molecule has 0 radical (unpaired) electrons. The number of carbonyl (C=O) groups is 1. The third-order valence-corrected chi connectivity index (χ3v) is 3.33. The van der Waals surface area contributed by atoms with Gasteiger partial charge < -0.3 is 10.8 Å². The molecule has 19 heavy (non-hydrogen) atoms. The second-order valence-corrected chi connectivity index (χ2v) is 4.86. The fourth-order valence-electron chi connectivity index (χ4n) is 1.64. The molecule has 0 aliphatic carbocycles. The second-order valence-electron chi connectivity index (χ2n) is 3.92. The lowest BCUT2D eigenvalue weighted by Crippen LogP contribution is -2.07. The molecule has 8 heteroatoms. The molecule has 7 nitrogen and oxygen atoms in total. The van der Waals surface area contributed by atoms with E-state index in [-0.39, 0.29) is 11.7 Å². The number of thioether (sulfide) groups is 1. The van der Waals surface area contributed by atoms with E-state index in [2.05, 4.69) is 15.2 Å². The van der Waals surface area contributed by atoms with E-state index >= 15 is 0 Å². The number of carboxylic acids is 1. The van der Waals surface area contributed by atoms with E-state index < -0.39 is 5.97 Å². The number of aliphatic carboxylic acids is 1. The lowest BCUT2D eigenvalue weighted by molar-refractivity contribution is -0.133. The van der Waals surface area contributed by atoms with Gasteiger partial charge in [0, 0.05) is 5.69 Å². The van der Waals surface area contributed by atoms with Crippen LogP contribution in [0.4, 0.5) is 5.95 Å². The number of hydrogen-bond acceptors (Lipinski definition) is 6. The molecule has 0 spiro atoms. The van der Waals surface area contributed by atoms with Gasteiger partial charge in [0.15, 0.2) is 5.16 Å². The van der Waals surface area contributed by atoms with Gasteiger partial charge in [0.25, 0.3) is 0 Å². The Morgan fingerprint density at radius 1 is 1.42 bits per heavy atom. The molecule has 0 amide bonds. The zero-order valence-corrected chi connectivity index (χ0v) is 11.3. The van der Waals surface area contributed by atoms with Crippen LogP contribution < -0.4 is 5.73 Å². The molecule has 2 aromatic rings. The maximum absolute atomic E-state index is 10.6. The van der Waals surface area contributed by atoms with Crippen molar-refractivity contribution in [2.45, 2.75) is 19.0 Å². The van der Waals surface area contributed by atoms with E-state index in [0.29, 0.717) is 5.16 Å². The van der Waals surface area contributed by atoms with E-state index in [0.717, 1.165) is 28.8 Å². The maximum Gasteiger partial charge on any atom is 0.313 e. The van der Waals surface area contributed by atoms with Gasteiger partial charge in [-0.1, -0.05) is 11.8 Å². The highest BCUT2D eigenvalue weighted by Gasteiger charge is 2.15. The maximum atomic E-state index is 10.6. The zero-order chi connectivity index (χ0) is 14.0. The van der Waals surface area contributed by atoms with Crippen LogP contribution in [0.5, 0.6) is 0 Å². The number of aryl methyl sites for hydroxylation is 2. The topological polar surface area (TPSA) is 107 Å². The second kappa shape index (κ2) is 5.27. The lowest BCUT2D eigenvalue weighted by atomic mass is 10.3. The van der Waals surface area contributed by atoms with Gasteiger partial charge in [-0.2, -0.15) is 0 Å². The zero-order valence-electron chi connectivity index (χ0n) is 10.5. The van der Waals surface area contributed by atoms with E-state index in [9.17, 15) is 4.79 Å². The summed E-state index contributed by atoms with van der Waals surface area (Å²) >= 11 is 1.07. The Morgan fingerprint density at radius 2 is 2.16 bits per heavy atom. The lowest BCUT2D eigenvalue weighted by Gasteiger charge is -2.10. The molecule has 0 unspecified atom stereocenters. The standard InChI is InChI=1S/C11H13N5O2S/c1-6-3-4-8(7(2)13-6)16-10(12)14-15-11(16)19-5-9(17)18/h3-4H,5H2,1-2H3,(H2,12,14)(H,17,18).